The van der Waals surface area contributed by atoms with E-state index in [1.54, 1.807) is 0 Å². The van der Waals surface area contributed by atoms with E-state index in [-0.39, 0.29) is 0 Å². The standard InChI is InChI=1S/C11H16O2S/c1-2-13-10-5-3-9(4-6-10)11(12)7-8-14/h3-6,11-12,14H,2,7-8H2,1H3. The maximum Gasteiger partial charge on any atom is 0.119 e. The molecule has 0 aliphatic heterocycles. The van der Waals surface area contributed by atoms with Crippen LogP contribution in [0.25, 0.3) is 0 Å². The van der Waals surface area contributed by atoms with Gasteiger partial charge in [0.05, 0.1) is 12.7 Å². The predicted octanol–water partition coefficient (Wildman–Crippen LogP) is 2.44. The van der Waals surface area contributed by atoms with E-state index in [2.05, 4.69) is 12.6 Å². The Balaban J connectivity index is 2.62. The van der Waals surface area contributed by atoms with Crippen molar-refractivity contribution in [3.63, 3.8) is 0 Å². The van der Waals surface area contributed by atoms with E-state index in [0.717, 1.165) is 11.3 Å². The first kappa shape index (κ1) is 11.4. The summed E-state index contributed by atoms with van der Waals surface area (Å²) in [7, 11) is 0. The quantitative estimate of drug-likeness (QED) is 0.734. The van der Waals surface area contributed by atoms with E-state index in [9.17, 15) is 5.11 Å². The van der Waals surface area contributed by atoms with Crippen LogP contribution in [0.3, 0.4) is 0 Å². The summed E-state index contributed by atoms with van der Waals surface area (Å²) >= 11 is 4.08. The average Bonchev–Trinajstić information content (AvgIpc) is 2.20. The molecule has 0 spiro atoms. The third-order valence-electron chi connectivity index (χ3n) is 1.98. The fourth-order valence-electron chi connectivity index (χ4n) is 1.24. The number of hydrogen-bond donors (Lipinski definition) is 2. The molecule has 0 aliphatic carbocycles. The summed E-state index contributed by atoms with van der Waals surface area (Å²) in [5, 5.41) is 9.65. The SMILES string of the molecule is CCOc1ccc(C(O)CCS)cc1. The molecule has 0 aliphatic rings. The van der Waals surface area contributed by atoms with Crippen LogP contribution in [0.1, 0.15) is 25.0 Å². The van der Waals surface area contributed by atoms with Crippen molar-refractivity contribution in [3.8, 4) is 5.75 Å². The maximum absolute atomic E-state index is 9.65. The molecule has 1 N–H and O–H groups in total. The second-order valence-electron chi connectivity index (χ2n) is 3.03. The number of aliphatic hydroxyl groups excluding tert-OH is 1. The lowest BCUT2D eigenvalue weighted by Crippen LogP contribution is -1.98. The third kappa shape index (κ3) is 3.24. The van der Waals surface area contributed by atoms with Crippen LogP contribution in [0, 0.1) is 0 Å². The molecule has 14 heavy (non-hydrogen) atoms. The molecule has 0 fully saturated rings. The van der Waals surface area contributed by atoms with Crippen molar-refractivity contribution in [2.45, 2.75) is 19.4 Å². The minimum absolute atomic E-state index is 0.414. The Morgan fingerprint density at radius 3 is 2.50 bits per heavy atom. The zero-order chi connectivity index (χ0) is 10.4. The van der Waals surface area contributed by atoms with Gasteiger partial charge in [0.1, 0.15) is 5.75 Å². The van der Waals surface area contributed by atoms with Gasteiger partial charge in [-0.1, -0.05) is 12.1 Å². The number of thiol groups is 1. The van der Waals surface area contributed by atoms with Gasteiger partial charge in [-0.15, -0.1) is 0 Å². The lowest BCUT2D eigenvalue weighted by atomic mass is 10.1. The minimum atomic E-state index is -0.414. The highest BCUT2D eigenvalue weighted by Crippen LogP contribution is 2.20. The first-order chi connectivity index (χ1) is 6.77. The van der Waals surface area contributed by atoms with Crippen molar-refractivity contribution in [3.05, 3.63) is 29.8 Å². The van der Waals surface area contributed by atoms with Crippen molar-refractivity contribution < 1.29 is 9.84 Å². The molecule has 0 bridgehead atoms. The van der Waals surface area contributed by atoms with Gasteiger partial charge in [-0.05, 0) is 36.8 Å². The van der Waals surface area contributed by atoms with E-state index < -0.39 is 6.10 Å². The van der Waals surface area contributed by atoms with Crippen molar-refractivity contribution >= 4 is 12.6 Å². The summed E-state index contributed by atoms with van der Waals surface area (Å²) in [6.45, 7) is 2.61. The van der Waals surface area contributed by atoms with Crippen LogP contribution in [0.15, 0.2) is 24.3 Å². The molecule has 1 atom stereocenters. The lowest BCUT2D eigenvalue weighted by Gasteiger charge is -2.10. The normalized spacial score (nSPS) is 12.5. The van der Waals surface area contributed by atoms with Crippen LogP contribution >= 0.6 is 12.6 Å². The smallest absolute Gasteiger partial charge is 0.119 e. The largest absolute Gasteiger partial charge is 0.494 e. The Morgan fingerprint density at radius 1 is 1.36 bits per heavy atom. The van der Waals surface area contributed by atoms with Gasteiger partial charge in [0.15, 0.2) is 0 Å². The molecular weight excluding hydrogens is 196 g/mol. The first-order valence-corrected chi connectivity index (χ1v) is 5.43. The van der Waals surface area contributed by atoms with E-state index in [4.69, 9.17) is 4.74 Å². The number of aliphatic hydroxyl groups is 1. The zero-order valence-corrected chi connectivity index (χ0v) is 9.21. The van der Waals surface area contributed by atoms with Crippen molar-refractivity contribution in [2.24, 2.45) is 0 Å². The highest BCUT2D eigenvalue weighted by molar-refractivity contribution is 7.80. The summed E-state index contributed by atoms with van der Waals surface area (Å²) in [6.07, 6.45) is 0.264. The molecule has 2 nitrogen and oxygen atoms in total. The molecular formula is C11H16O2S. The second-order valence-corrected chi connectivity index (χ2v) is 3.48. The predicted molar refractivity (Wildman–Crippen MR) is 61.0 cm³/mol. The molecule has 0 saturated carbocycles. The molecule has 0 radical (unpaired) electrons. The fourth-order valence-corrected chi connectivity index (χ4v) is 1.49. The van der Waals surface area contributed by atoms with Crippen LogP contribution < -0.4 is 4.74 Å². The minimum Gasteiger partial charge on any atom is -0.494 e. The molecule has 0 aromatic heterocycles. The van der Waals surface area contributed by atoms with E-state index >= 15 is 0 Å². The highest BCUT2D eigenvalue weighted by Gasteiger charge is 2.05. The van der Waals surface area contributed by atoms with Crippen LogP contribution in [0.2, 0.25) is 0 Å². The summed E-state index contributed by atoms with van der Waals surface area (Å²) in [5.41, 5.74) is 0.919. The summed E-state index contributed by atoms with van der Waals surface area (Å²) in [4.78, 5) is 0. The molecule has 1 unspecified atom stereocenters. The topological polar surface area (TPSA) is 29.5 Å². The van der Waals surface area contributed by atoms with Gasteiger partial charge in [-0.25, -0.2) is 0 Å². The average molecular weight is 212 g/mol. The molecule has 3 heteroatoms. The zero-order valence-electron chi connectivity index (χ0n) is 8.31. The van der Waals surface area contributed by atoms with Crippen LogP contribution in [-0.2, 0) is 0 Å². The molecule has 1 rings (SSSR count). The molecule has 1 aromatic rings. The van der Waals surface area contributed by atoms with Gasteiger partial charge in [0, 0.05) is 0 Å². The van der Waals surface area contributed by atoms with Gasteiger partial charge in [-0.3, -0.25) is 0 Å². The lowest BCUT2D eigenvalue weighted by molar-refractivity contribution is 0.175. The number of ether oxygens (including phenoxy) is 1. The summed E-state index contributed by atoms with van der Waals surface area (Å²) < 4.78 is 5.30. The molecule has 1 aromatic carbocycles. The third-order valence-corrected chi connectivity index (χ3v) is 2.24. The van der Waals surface area contributed by atoms with Gasteiger partial charge in [0.25, 0.3) is 0 Å². The van der Waals surface area contributed by atoms with Crippen molar-refractivity contribution in [1.29, 1.82) is 0 Å². The molecule has 0 amide bonds. The Kier molecular flexibility index (Phi) is 4.84. The van der Waals surface area contributed by atoms with E-state index in [1.807, 2.05) is 31.2 Å². The Labute approximate surface area is 90.3 Å². The van der Waals surface area contributed by atoms with Gasteiger partial charge < -0.3 is 9.84 Å². The number of rotatable bonds is 5. The van der Waals surface area contributed by atoms with Gasteiger partial charge in [-0.2, -0.15) is 12.6 Å². The highest BCUT2D eigenvalue weighted by atomic mass is 32.1. The Morgan fingerprint density at radius 2 is 2.00 bits per heavy atom. The van der Waals surface area contributed by atoms with Gasteiger partial charge in [0.2, 0.25) is 0 Å². The molecule has 0 saturated heterocycles. The van der Waals surface area contributed by atoms with Crippen LogP contribution in [-0.4, -0.2) is 17.5 Å². The van der Waals surface area contributed by atoms with Gasteiger partial charge >= 0.3 is 0 Å². The van der Waals surface area contributed by atoms with Crippen molar-refractivity contribution in [2.75, 3.05) is 12.4 Å². The fraction of sp³-hybridized carbons (Fsp3) is 0.455. The van der Waals surface area contributed by atoms with E-state index in [0.29, 0.717) is 18.8 Å². The van der Waals surface area contributed by atoms with Crippen LogP contribution in [0.5, 0.6) is 5.75 Å². The van der Waals surface area contributed by atoms with Crippen LogP contribution in [0.4, 0.5) is 0 Å². The van der Waals surface area contributed by atoms with Crippen molar-refractivity contribution in [1.82, 2.24) is 0 Å². The Bertz CT molecular complexity index is 258. The first-order valence-electron chi connectivity index (χ1n) is 4.79. The summed E-state index contributed by atoms with van der Waals surface area (Å²) in [5.74, 6) is 1.53. The monoisotopic (exact) mass is 212 g/mol. The number of hydrogen-bond acceptors (Lipinski definition) is 3. The Hall–Kier alpha value is -0.670. The molecule has 0 heterocycles. The number of benzene rings is 1. The molecule has 78 valence electrons. The summed E-state index contributed by atoms with van der Waals surface area (Å²) in [6, 6.07) is 7.53. The second kappa shape index (κ2) is 5.94. The maximum atomic E-state index is 9.65. The van der Waals surface area contributed by atoms with E-state index in [1.165, 1.54) is 0 Å².